The van der Waals surface area contributed by atoms with Crippen molar-refractivity contribution < 1.29 is 14.4 Å². The lowest BCUT2D eigenvalue weighted by Gasteiger charge is -2.10. The third kappa shape index (κ3) is 10.5. The second kappa shape index (κ2) is 17.2. The van der Waals surface area contributed by atoms with Gasteiger partial charge in [-0.3, -0.25) is 14.4 Å². The molecule has 2 aromatic carbocycles. The van der Waals surface area contributed by atoms with E-state index in [2.05, 4.69) is 34.7 Å². The third-order valence-electron chi connectivity index (χ3n) is 4.63. The summed E-state index contributed by atoms with van der Waals surface area (Å²) in [6.45, 7) is 9.75. The molecule has 0 aliphatic carbocycles. The highest BCUT2D eigenvalue weighted by molar-refractivity contribution is 6.10. The van der Waals surface area contributed by atoms with Gasteiger partial charge in [-0.15, -0.1) is 0 Å². The Kier molecular flexibility index (Phi) is 15.5. The molecule has 2 amide bonds. The van der Waals surface area contributed by atoms with Crippen molar-refractivity contribution in [1.82, 2.24) is 0 Å². The van der Waals surface area contributed by atoms with Crippen molar-refractivity contribution in [2.45, 2.75) is 80.2 Å². The molecule has 0 fully saturated rings. The molecule has 1 unspecified atom stereocenters. The topological polar surface area (TPSA) is 100.0 Å². The van der Waals surface area contributed by atoms with Gasteiger partial charge in [0, 0.05) is 11.4 Å². The Morgan fingerprint density at radius 2 is 1.65 bits per heavy atom. The summed E-state index contributed by atoms with van der Waals surface area (Å²) in [4.78, 5) is 35.5. The van der Waals surface area contributed by atoms with Crippen LogP contribution in [0.1, 0.15) is 73.3 Å². The maximum absolute atomic E-state index is 12.4. The van der Waals surface area contributed by atoms with Crippen LogP contribution in [0.4, 0.5) is 17.1 Å². The zero-order valence-corrected chi connectivity index (χ0v) is 20.4. The van der Waals surface area contributed by atoms with E-state index in [-0.39, 0.29) is 19.8 Å². The number of benzene rings is 2. The van der Waals surface area contributed by atoms with Crippen LogP contribution in [-0.4, -0.2) is 23.6 Å². The van der Waals surface area contributed by atoms with E-state index >= 15 is 0 Å². The van der Waals surface area contributed by atoms with Gasteiger partial charge in [0.15, 0.2) is 5.78 Å². The van der Waals surface area contributed by atoms with Crippen LogP contribution >= 0.6 is 0 Å². The number of nitrogens with one attached hydrogen (secondary N) is 2. The van der Waals surface area contributed by atoms with E-state index in [0.717, 1.165) is 11.3 Å². The van der Waals surface area contributed by atoms with E-state index in [9.17, 15) is 14.4 Å². The van der Waals surface area contributed by atoms with Crippen LogP contribution in [0.15, 0.2) is 58.8 Å². The molecule has 1 aliphatic heterocycles. The molecule has 0 aromatic heterocycles. The fourth-order valence-electron chi connectivity index (χ4n) is 2.96. The van der Waals surface area contributed by atoms with Gasteiger partial charge in [-0.05, 0) is 42.8 Å². The summed E-state index contributed by atoms with van der Waals surface area (Å²) in [5.41, 5.74) is 2.59. The highest BCUT2D eigenvalue weighted by atomic mass is 16.2. The molecule has 1 atom stereocenters. The Morgan fingerprint density at radius 3 is 2.21 bits per heavy atom. The number of azo groups is 1. The number of carbonyl (C=O) groups excluding carboxylic acids is 3. The minimum absolute atomic E-state index is 0. The summed E-state index contributed by atoms with van der Waals surface area (Å²) in [6.07, 6.45) is 5.80. The van der Waals surface area contributed by atoms with Crippen molar-refractivity contribution in [3.63, 3.8) is 0 Å². The number of rotatable bonds is 8. The number of fused-ring (bicyclic) bond motifs is 1. The maximum Gasteiger partial charge on any atom is 0.258 e. The van der Waals surface area contributed by atoms with Crippen LogP contribution in [0.25, 0.3) is 0 Å². The van der Waals surface area contributed by atoms with Gasteiger partial charge >= 0.3 is 0 Å². The van der Waals surface area contributed by atoms with Gasteiger partial charge in [-0.25, -0.2) is 0 Å². The number of Topliss-reactive ketones (excluding diaryl/α,β-unsaturated/α-hetero) is 1. The van der Waals surface area contributed by atoms with Crippen molar-refractivity contribution in [2.75, 3.05) is 10.6 Å². The largest absolute Gasteiger partial charge is 0.326 e. The lowest BCUT2D eigenvalue weighted by Crippen LogP contribution is -2.31. The Balaban J connectivity index is 0.00000106. The molecule has 0 bridgehead atoms. The summed E-state index contributed by atoms with van der Waals surface area (Å²) in [5.74, 6) is -1.06. The summed E-state index contributed by atoms with van der Waals surface area (Å²) in [7, 11) is 0. The fourth-order valence-corrected chi connectivity index (χ4v) is 2.96. The first-order valence-corrected chi connectivity index (χ1v) is 11.6. The standard InChI is InChI=1S/C18H16N4O3.C6H14.C2H6.CH4/c1-11(23)17(22-21-13-5-3-2-4-6-13)18(25)19-14-7-8-15-12(9-14)10-16(24)20-15;1-3-5-6-4-2;1-2;/h2-9,17H,10H2,1H3,(H,19,25)(H,20,24);3-6H2,1-2H3;1-2H3;1H4. The van der Waals surface area contributed by atoms with Crippen molar-refractivity contribution in [3.8, 4) is 0 Å². The summed E-state index contributed by atoms with van der Waals surface area (Å²) >= 11 is 0. The summed E-state index contributed by atoms with van der Waals surface area (Å²) in [6, 6.07) is 12.7. The van der Waals surface area contributed by atoms with E-state index in [0.29, 0.717) is 11.4 Å². The van der Waals surface area contributed by atoms with Crippen LogP contribution in [0.3, 0.4) is 0 Å². The molecule has 1 aliphatic rings. The van der Waals surface area contributed by atoms with Crippen molar-refractivity contribution in [1.29, 1.82) is 0 Å². The smallest absolute Gasteiger partial charge is 0.258 e. The normalized spacial score (nSPS) is 12.1. The van der Waals surface area contributed by atoms with E-state index in [1.165, 1.54) is 32.6 Å². The van der Waals surface area contributed by atoms with Gasteiger partial charge in [0.25, 0.3) is 5.91 Å². The number of unbranched alkanes of at least 4 members (excludes halogenated alkanes) is 3. The average molecular weight is 469 g/mol. The predicted octanol–water partition coefficient (Wildman–Crippen LogP) is 7.11. The molecule has 7 heteroatoms. The molecule has 34 heavy (non-hydrogen) atoms. The number of hydrogen-bond donors (Lipinski definition) is 2. The molecule has 186 valence electrons. The van der Waals surface area contributed by atoms with Crippen LogP contribution < -0.4 is 10.6 Å². The molecular formula is C27H40N4O3. The highest BCUT2D eigenvalue weighted by Gasteiger charge is 2.24. The number of nitrogens with zero attached hydrogens (tertiary/aromatic N) is 2. The second-order valence-corrected chi connectivity index (χ2v) is 7.36. The molecule has 0 spiro atoms. The van der Waals surface area contributed by atoms with Gasteiger partial charge in [-0.2, -0.15) is 10.2 Å². The SMILES string of the molecule is C.CC.CC(=O)C(N=Nc1ccccc1)C(=O)Nc1ccc2c(c1)CC(=O)N2.CCCCCC. The predicted molar refractivity (Wildman–Crippen MR) is 141 cm³/mol. The molecule has 0 saturated carbocycles. The molecule has 0 radical (unpaired) electrons. The molecule has 7 nitrogen and oxygen atoms in total. The van der Waals surface area contributed by atoms with Crippen molar-refractivity contribution >= 4 is 34.7 Å². The van der Waals surface area contributed by atoms with Crippen LogP contribution in [-0.2, 0) is 20.8 Å². The van der Waals surface area contributed by atoms with E-state index in [1.807, 2.05) is 19.9 Å². The quantitative estimate of drug-likeness (QED) is 0.245. The Hall–Kier alpha value is -3.35. The zero-order valence-electron chi connectivity index (χ0n) is 20.4. The maximum atomic E-state index is 12.4. The molecule has 2 N–H and O–H groups in total. The van der Waals surface area contributed by atoms with Gasteiger partial charge in [0.05, 0.1) is 12.1 Å². The van der Waals surface area contributed by atoms with Crippen molar-refractivity contribution in [2.24, 2.45) is 10.2 Å². The Morgan fingerprint density at radius 1 is 1.03 bits per heavy atom. The average Bonchev–Trinajstić information content (AvgIpc) is 3.19. The first-order valence-electron chi connectivity index (χ1n) is 11.6. The fraction of sp³-hybridized carbons (Fsp3) is 0.444. The van der Waals surface area contributed by atoms with E-state index < -0.39 is 17.7 Å². The first kappa shape index (κ1) is 30.7. The number of amides is 2. The van der Waals surface area contributed by atoms with Gasteiger partial charge < -0.3 is 10.6 Å². The highest BCUT2D eigenvalue weighted by Crippen LogP contribution is 2.26. The lowest BCUT2D eigenvalue weighted by molar-refractivity contribution is -0.126. The van der Waals surface area contributed by atoms with Crippen LogP contribution in [0.5, 0.6) is 0 Å². The molecule has 1 heterocycles. The first-order chi connectivity index (χ1) is 15.9. The number of carbonyl (C=O) groups is 3. The number of hydrogen-bond acceptors (Lipinski definition) is 5. The lowest BCUT2D eigenvalue weighted by atomic mass is 10.1. The molecular weight excluding hydrogens is 428 g/mol. The van der Waals surface area contributed by atoms with Gasteiger partial charge in [-0.1, -0.05) is 79.0 Å². The van der Waals surface area contributed by atoms with Crippen LogP contribution in [0, 0.1) is 0 Å². The van der Waals surface area contributed by atoms with E-state index in [1.54, 1.807) is 42.5 Å². The summed E-state index contributed by atoms with van der Waals surface area (Å²) in [5, 5.41) is 13.2. The minimum Gasteiger partial charge on any atom is -0.326 e. The monoisotopic (exact) mass is 468 g/mol. The number of ketones is 1. The number of anilines is 2. The third-order valence-corrected chi connectivity index (χ3v) is 4.63. The Bertz CT molecular complexity index is 923. The van der Waals surface area contributed by atoms with Crippen LogP contribution in [0.2, 0.25) is 0 Å². The van der Waals surface area contributed by atoms with E-state index in [4.69, 9.17) is 0 Å². The molecule has 2 aromatic rings. The van der Waals surface area contributed by atoms with Gasteiger partial charge in [0.2, 0.25) is 11.9 Å². The zero-order chi connectivity index (χ0) is 24.6. The summed E-state index contributed by atoms with van der Waals surface area (Å²) < 4.78 is 0. The Labute approximate surface area is 204 Å². The second-order valence-electron chi connectivity index (χ2n) is 7.36. The minimum atomic E-state index is -1.23. The van der Waals surface area contributed by atoms with Gasteiger partial charge in [0.1, 0.15) is 0 Å². The molecule has 0 saturated heterocycles. The molecule has 3 rings (SSSR count). The van der Waals surface area contributed by atoms with Crippen molar-refractivity contribution in [3.05, 3.63) is 54.1 Å².